The van der Waals surface area contributed by atoms with E-state index in [2.05, 4.69) is 52.8 Å². The summed E-state index contributed by atoms with van der Waals surface area (Å²) in [4.78, 5) is 172. The summed E-state index contributed by atoms with van der Waals surface area (Å²) in [5.41, 5.74) is 19.2. The van der Waals surface area contributed by atoms with Gasteiger partial charge in [-0.05, 0) is 111 Å². The van der Waals surface area contributed by atoms with Crippen molar-refractivity contribution in [1.82, 2.24) is 57.7 Å². The van der Waals surface area contributed by atoms with Crippen LogP contribution >= 0.6 is 21.6 Å². The molecule has 3 aromatic carbocycles. The number of benzene rings is 3. The van der Waals surface area contributed by atoms with E-state index < -0.39 is 169 Å². The number of likely N-dealkylation sites (tertiary alicyclic amines) is 1. The average Bonchev–Trinajstić information content (AvgIpc) is 1.78. The number of nitrogens with zero attached hydrogens (tertiary/aromatic N) is 1. The monoisotopic (exact) mass is 1420 g/mol. The van der Waals surface area contributed by atoms with Gasteiger partial charge < -0.3 is 90.3 Å². The first kappa shape index (κ1) is 78.8. The highest BCUT2D eigenvalue weighted by Crippen LogP contribution is 2.27. The van der Waals surface area contributed by atoms with Gasteiger partial charge in [-0.3, -0.25) is 57.5 Å². The summed E-state index contributed by atoms with van der Waals surface area (Å²) in [6.07, 6.45) is -6.11. The fraction of sp³-hybridized carbons (Fsp3) is 0.508. The van der Waals surface area contributed by atoms with E-state index in [1.54, 1.807) is 30.5 Å². The molecule has 6 rings (SSSR count). The second-order valence-corrected chi connectivity index (χ2v) is 26.6. The van der Waals surface area contributed by atoms with Crippen LogP contribution in [0.5, 0.6) is 11.5 Å². The van der Waals surface area contributed by atoms with Gasteiger partial charge in [0, 0.05) is 93.2 Å². The van der Waals surface area contributed by atoms with Gasteiger partial charge >= 0.3 is 12.1 Å². The first-order valence-electron chi connectivity index (χ1n) is 32.5. The van der Waals surface area contributed by atoms with Crippen molar-refractivity contribution in [2.75, 3.05) is 37.7 Å². The van der Waals surface area contributed by atoms with Crippen LogP contribution in [-0.4, -0.2) is 194 Å². The van der Waals surface area contributed by atoms with E-state index in [0.29, 0.717) is 59.7 Å². The lowest BCUT2D eigenvalue weighted by atomic mass is 10.0. The topological polar surface area (TPSA) is 471 Å². The molecule has 99 heavy (non-hydrogen) atoms. The zero-order valence-corrected chi connectivity index (χ0v) is 56.0. The molecule has 0 bridgehead atoms. The van der Waals surface area contributed by atoms with Gasteiger partial charge in [-0.2, -0.15) is 13.2 Å². The quantitative estimate of drug-likeness (QED) is 0.0381. The highest BCUT2D eigenvalue weighted by Gasteiger charge is 2.39. The standard InChI is InChI=1S/C65H87F3N14O15S2/c66-65(67,68)26-24-46-59(92)78-47(31-37-14-18-40(83)19-15-37)60(93)75-44(11-5-6-27-69)57(90)72-29-7-1-2-13-53(85)74-49(33-39-34-73-43-10-4-3-9-42(39)43)62(95)76-45(22-23-55(87)88)58(91)80-50(56(71)89)35-98-99-36-51(63(96)77-46)81-61(94)48(32-38-16-20-41(84)21-17-38)79-64(97)52-12-8-30-82(52)54(86)25-28-70/h3-4,9-10,14-21,34,44-52,73,83-84H,1-2,5-8,11-13,22-33,35-36,69-70H2,(H2,71,89)(H,72,90)(H,74,85)(H,75,93)(H,76,95)(H,77,96)(H,78,92)(H,79,97)(H,80,91)(H,81,94)(H,87,88)/t44-,45-,46-,47-,48-,49-,50-,51-,52-/m0/s1. The highest BCUT2D eigenvalue weighted by atomic mass is 33.1. The van der Waals surface area contributed by atoms with Crippen molar-refractivity contribution in [1.29, 1.82) is 0 Å². The number of aliphatic carboxylic acids is 1. The maximum atomic E-state index is 14.9. The number of para-hydroxylation sites is 1. The number of amides is 11. The number of phenolic OH excluding ortho intramolecular Hbond substituents is 2. The smallest absolute Gasteiger partial charge is 0.389 e. The first-order valence-corrected chi connectivity index (χ1v) is 35.0. The Kier molecular flexibility index (Phi) is 31.4. The van der Waals surface area contributed by atoms with E-state index in [9.17, 15) is 86.0 Å². The number of carbonyl (C=O) groups excluding carboxylic acids is 11. The number of nitrogens with one attached hydrogen (secondary N) is 10. The fourth-order valence-electron chi connectivity index (χ4n) is 11.1. The first-order chi connectivity index (χ1) is 47.2. The molecular formula is C65H87F3N14O15S2. The molecular weight excluding hydrogens is 1340 g/mol. The molecule has 2 saturated heterocycles. The number of rotatable bonds is 22. The van der Waals surface area contributed by atoms with Gasteiger partial charge in [-0.25, -0.2) is 0 Å². The Morgan fingerprint density at radius 3 is 1.91 bits per heavy atom. The number of aromatic amines is 1. The van der Waals surface area contributed by atoms with Crippen molar-refractivity contribution in [3.63, 3.8) is 0 Å². The number of hydrogen-bond acceptors (Lipinski definition) is 18. The summed E-state index contributed by atoms with van der Waals surface area (Å²) in [6.45, 7) is 0.414. The number of halogens is 3. The van der Waals surface area contributed by atoms with Gasteiger partial charge in [0.05, 0.1) is 0 Å². The van der Waals surface area contributed by atoms with Crippen LogP contribution in [0.1, 0.15) is 107 Å². The van der Waals surface area contributed by atoms with Crippen molar-refractivity contribution < 1.29 is 86.0 Å². The molecule has 540 valence electrons. The van der Waals surface area contributed by atoms with Gasteiger partial charge in [0.15, 0.2) is 0 Å². The number of H-pyrrole nitrogens is 1. The van der Waals surface area contributed by atoms with Crippen LogP contribution in [0.25, 0.3) is 10.9 Å². The molecule has 0 saturated carbocycles. The number of unbranched alkanes of at least 4 members (excludes halogenated alkanes) is 1. The number of primary amides is 1. The molecule has 34 heteroatoms. The highest BCUT2D eigenvalue weighted by molar-refractivity contribution is 8.76. The average molecular weight is 1430 g/mol. The molecule has 0 spiro atoms. The number of aromatic nitrogens is 1. The lowest BCUT2D eigenvalue weighted by Crippen LogP contribution is -2.60. The van der Waals surface area contributed by atoms with Gasteiger partial charge in [0.1, 0.15) is 65.9 Å². The largest absolute Gasteiger partial charge is 0.508 e. The molecule has 2 aliphatic heterocycles. The summed E-state index contributed by atoms with van der Waals surface area (Å²) in [7, 11) is 1.50. The van der Waals surface area contributed by atoms with Crippen molar-refractivity contribution >= 4 is 103 Å². The van der Waals surface area contributed by atoms with Gasteiger partial charge in [0.25, 0.3) is 0 Å². The minimum absolute atomic E-state index is 0.0237. The number of fused-ring (bicyclic) bond motifs is 1. The van der Waals surface area contributed by atoms with E-state index in [-0.39, 0.29) is 89.0 Å². The molecule has 1 aromatic heterocycles. The van der Waals surface area contributed by atoms with Crippen LogP contribution in [0.2, 0.25) is 0 Å². The second-order valence-electron chi connectivity index (χ2n) is 24.1. The number of carbonyl (C=O) groups is 12. The predicted molar refractivity (Wildman–Crippen MR) is 360 cm³/mol. The third-order valence-electron chi connectivity index (χ3n) is 16.4. The Bertz CT molecular complexity index is 3440. The van der Waals surface area contributed by atoms with E-state index in [1.165, 1.54) is 53.4 Å². The van der Waals surface area contributed by atoms with Gasteiger partial charge in [-0.1, -0.05) is 70.5 Å². The molecule has 29 nitrogen and oxygen atoms in total. The van der Waals surface area contributed by atoms with Gasteiger partial charge in [-0.15, -0.1) is 0 Å². The Labute approximate surface area is 576 Å². The Hall–Kier alpha value is -9.15. The summed E-state index contributed by atoms with van der Waals surface area (Å²) in [6, 6.07) is 3.67. The molecule has 2 aliphatic rings. The molecule has 0 unspecified atom stereocenters. The van der Waals surface area contributed by atoms with E-state index in [4.69, 9.17) is 17.2 Å². The molecule has 3 heterocycles. The third kappa shape index (κ3) is 26.2. The Morgan fingerprint density at radius 1 is 0.646 bits per heavy atom. The fourth-order valence-corrected chi connectivity index (χ4v) is 13.4. The van der Waals surface area contributed by atoms with Crippen LogP contribution in [0, 0.1) is 0 Å². The SMILES string of the molecule is NCCCC[C@@H]1NC(=O)[C@H](Cc2ccc(O)cc2)NC(=O)[C@H](CCC(F)(F)F)NC(=O)[C@@H](NC(=O)[C@H](Cc2ccc(O)cc2)NC(=O)[C@@H]2CCCN2C(=O)CCN)CSSC[C@@H](C(N)=O)NC(=O)[C@H](CCC(=O)O)NC(=O)[C@H](Cc2c[nH]c3ccccc23)NC(=O)CCCCCNC1=O. The summed E-state index contributed by atoms with van der Waals surface area (Å²) >= 11 is 0. The summed E-state index contributed by atoms with van der Waals surface area (Å²) in [5, 5.41) is 53.7. The number of aromatic hydroxyl groups is 2. The predicted octanol–water partition coefficient (Wildman–Crippen LogP) is 0.718. The summed E-state index contributed by atoms with van der Waals surface area (Å²) in [5.74, 6) is -13.0. The molecule has 11 amide bonds. The lowest BCUT2D eigenvalue weighted by Gasteiger charge is -2.28. The van der Waals surface area contributed by atoms with Crippen molar-refractivity contribution in [2.45, 2.75) is 170 Å². The van der Waals surface area contributed by atoms with Crippen LogP contribution < -0.4 is 65.1 Å². The van der Waals surface area contributed by atoms with E-state index in [0.717, 1.165) is 21.6 Å². The van der Waals surface area contributed by atoms with E-state index >= 15 is 0 Å². The maximum absolute atomic E-state index is 14.9. The van der Waals surface area contributed by atoms with Crippen LogP contribution in [-0.2, 0) is 76.8 Å². The van der Waals surface area contributed by atoms with Crippen molar-refractivity contribution in [3.05, 3.63) is 95.7 Å². The number of carboxylic acids is 1. The molecule has 4 aromatic rings. The van der Waals surface area contributed by atoms with Crippen molar-refractivity contribution in [2.24, 2.45) is 17.2 Å². The molecule has 2 fully saturated rings. The number of carboxylic acid groups (broad SMARTS) is 1. The number of nitrogens with two attached hydrogens (primary N) is 3. The van der Waals surface area contributed by atoms with Gasteiger partial charge in [0.2, 0.25) is 65.0 Å². The zero-order valence-electron chi connectivity index (χ0n) is 54.3. The Balaban J connectivity index is 1.38. The lowest BCUT2D eigenvalue weighted by molar-refractivity contribution is -0.142. The zero-order chi connectivity index (χ0) is 72.2. The normalized spacial score (nSPS) is 22.2. The molecule has 9 atom stereocenters. The van der Waals surface area contributed by atoms with Crippen LogP contribution in [0.3, 0.4) is 0 Å². The number of phenols is 2. The van der Waals surface area contributed by atoms with Crippen molar-refractivity contribution in [3.8, 4) is 11.5 Å². The van der Waals surface area contributed by atoms with Crippen LogP contribution in [0.15, 0.2) is 79.0 Å². The maximum Gasteiger partial charge on any atom is 0.389 e. The molecule has 0 aliphatic carbocycles. The summed E-state index contributed by atoms with van der Waals surface area (Å²) < 4.78 is 42.8. The van der Waals surface area contributed by atoms with E-state index in [1.807, 2.05) is 0 Å². The minimum Gasteiger partial charge on any atom is -0.508 e. The number of hydrogen-bond donors (Lipinski definition) is 16. The third-order valence-corrected chi connectivity index (χ3v) is 18.9. The van der Waals surface area contributed by atoms with Crippen LogP contribution in [0.4, 0.5) is 13.2 Å². The minimum atomic E-state index is -4.95. The Morgan fingerprint density at radius 2 is 1.25 bits per heavy atom. The molecule has 0 radical (unpaired) electrons. The number of alkyl halides is 3. The molecule has 19 N–H and O–H groups in total. The second kappa shape index (κ2) is 39.4.